The van der Waals surface area contributed by atoms with Crippen LogP contribution in [0.2, 0.25) is 0 Å². The lowest BCUT2D eigenvalue weighted by Crippen LogP contribution is -2.28. The van der Waals surface area contributed by atoms with E-state index in [1.807, 2.05) is 6.92 Å². The summed E-state index contributed by atoms with van der Waals surface area (Å²) in [6, 6.07) is 0. The molecule has 0 N–H and O–H groups in total. The lowest BCUT2D eigenvalue weighted by Gasteiger charge is -2.14. The molecule has 0 unspecified atom stereocenters. The number of likely N-dealkylation sites (tertiary alicyclic amines) is 1. The average Bonchev–Trinajstić information content (AvgIpc) is 2.52. The second-order valence-electron chi connectivity index (χ2n) is 2.64. The fourth-order valence-electron chi connectivity index (χ4n) is 1.03. The Morgan fingerprint density at radius 2 is 2.55 bits per heavy atom. The van der Waals surface area contributed by atoms with E-state index in [0.717, 1.165) is 25.9 Å². The maximum Gasteiger partial charge on any atom is 0.409 e. The summed E-state index contributed by atoms with van der Waals surface area (Å²) in [6.07, 6.45) is 3.82. The maximum atomic E-state index is 11.1. The molecule has 1 fully saturated rings. The zero-order valence-electron chi connectivity index (χ0n) is 6.88. The summed E-state index contributed by atoms with van der Waals surface area (Å²) in [7, 11) is 0. The summed E-state index contributed by atoms with van der Waals surface area (Å²) in [5, 5.41) is 0. The lowest BCUT2D eigenvalue weighted by atomic mass is 10.4. The highest BCUT2D eigenvalue weighted by Crippen LogP contribution is 2.07. The first-order chi connectivity index (χ1) is 5.34. The Hall–Kier alpha value is -0.730. The Balaban J connectivity index is 2.17. The zero-order valence-corrected chi connectivity index (χ0v) is 6.88. The van der Waals surface area contributed by atoms with E-state index >= 15 is 0 Å². The van der Waals surface area contributed by atoms with Crippen LogP contribution in [-0.4, -0.2) is 30.7 Å². The molecule has 11 heavy (non-hydrogen) atoms. The quantitative estimate of drug-likeness (QED) is 0.605. The normalized spacial score (nSPS) is 17.0. The van der Waals surface area contributed by atoms with Crippen LogP contribution in [0.3, 0.4) is 0 Å². The smallest absolute Gasteiger partial charge is 0.409 e. The molecule has 1 aliphatic heterocycles. The van der Waals surface area contributed by atoms with Crippen molar-refractivity contribution in [3.8, 4) is 0 Å². The van der Waals surface area contributed by atoms with Gasteiger partial charge in [-0.15, -0.1) is 0 Å². The van der Waals surface area contributed by atoms with Crippen molar-refractivity contribution in [2.45, 2.75) is 19.8 Å². The molecule has 1 aliphatic rings. The molecule has 63 valence electrons. The SMILES string of the molecule is CCCOC(=O)N1C[CH]CC1. The summed E-state index contributed by atoms with van der Waals surface area (Å²) in [6.45, 7) is 4.10. The predicted octanol–water partition coefficient (Wildman–Crippen LogP) is 1.44. The highest BCUT2D eigenvalue weighted by atomic mass is 16.6. The van der Waals surface area contributed by atoms with Crippen LogP contribution in [0.15, 0.2) is 0 Å². The van der Waals surface area contributed by atoms with E-state index in [0.29, 0.717) is 6.61 Å². The summed E-state index contributed by atoms with van der Waals surface area (Å²) in [5.41, 5.74) is 0. The highest BCUT2D eigenvalue weighted by Gasteiger charge is 2.18. The molecule has 0 aliphatic carbocycles. The Bertz CT molecular complexity index is 130. The number of amides is 1. The third-order valence-corrected chi connectivity index (χ3v) is 1.64. The Kier molecular flexibility index (Phi) is 3.20. The first-order valence-corrected chi connectivity index (χ1v) is 4.08. The van der Waals surface area contributed by atoms with Crippen LogP contribution in [0.1, 0.15) is 19.8 Å². The van der Waals surface area contributed by atoms with Gasteiger partial charge < -0.3 is 9.64 Å². The Labute approximate surface area is 67.3 Å². The number of carbonyl (C=O) groups excluding carboxylic acids is 1. The molecule has 0 bridgehead atoms. The minimum atomic E-state index is -0.166. The minimum Gasteiger partial charge on any atom is -0.449 e. The van der Waals surface area contributed by atoms with E-state index in [1.54, 1.807) is 4.90 Å². The van der Waals surface area contributed by atoms with Crippen molar-refractivity contribution in [1.82, 2.24) is 4.90 Å². The van der Waals surface area contributed by atoms with Crippen LogP contribution in [-0.2, 0) is 4.74 Å². The second-order valence-corrected chi connectivity index (χ2v) is 2.64. The van der Waals surface area contributed by atoms with Crippen molar-refractivity contribution in [1.29, 1.82) is 0 Å². The van der Waals surface area contributed by atoms with Crippen molar-refractivity contribution < 1.29 is 9.53 Å². The molecule has 3 heteroatoms. The lowest BCUT2D eigenvalue weighted by molar-refractivity contribution is 0.111. The largest absolute Gasteiger partial charge is 0.449 e. The third-order valence-electron chi connectivity index (χ3n) is 1.64. The van der Waals surface area contributed by atoms with Crippen molar-refractivity contribution in [3.05, 3.63) is 6.42 Å². The average molecular weight is 156 g/mol. The van der Waals surface area contributed by atoms with Gasteiger partial charge in [-0.25, -0.2) is 4.79 Å². The molecule has 1 saturated heterocycles. The number of nitrogens with zero attached hydrogens (tertiary/aromatic N) is 1. The predicted molar refractivity (Wildman–Crippen MR) is 42.1 cm³/mol. The van der Waals surface area contributed by atoms with Gasteiger partial charge in [-0.1, -0.05) is 6.92 Å². The van der Waals surface area contributed by atoms with Gasteiger partial charge in [-0.3, -0.25) is 0 Å². The van der Waals surface area contributed by atoms with Crippen molar-refractivity contribution in [2.24, 2.45) is 0 Å². The molecule has 0 aromatic rings. The van der Waals surface area contributed by atoms with E-state index < -0.39 is 0 Å². The number of rotatable bonds is 2. The van der Waals surface area contributed by atoms with Crippen LogP contribution in [0.4, 0.5) is 4.79 Å². The summed E-state index contributed by atoms with van der Waals surface area (Å²) >= 11 is 0. The topological polar surface area (TPSA) is 29.5 Å². The van der Waals surface area contributed by atoms with Gasteiger partial charge in [0.15, 0.2) is 0 Å². The molecule has 0 aromatic carbocycles. The second kappa shape index (κ2) is 4.21. The van der Waals surface area contributed by atoms with E-state index in [2.05, 4.69) is 6.42 Å². The molecule has 1 heterocycles. The van der Waals surface area contributed by atoms with Crippen LogP contribution < -0.4 is 0 Å². The first-order valence-electron chi connectivity index (χ1n) is 4.08. The van der Waals surface area contributed by atoms with Gasteiger partial charge in [0.2, 0.25) is 0 Å². The van der Waals surface area contributed by atoms with Crippen LogP contribution in [0.25, 0.3) is 0 Å². The fourth-order valence-corrected chi connectivity index (χ4v) is 1.03. The minimum absolute atomic E-state index is 0.166. The summed E-state index contributed by atoms with van der Waals surface area (Å²) in [5.74, 6) is 0. The fraction of sp³-hybridized carbons (Fsp3) is 0.750. The maximum absolute atomic E-state index is 11.1. The zero-order chi connectivity index (χ0) is 8.10. The number of hydrogen-bond acceptors (Lipinski definition) is 2. The van der Waals surface area contributed by atoms with Gasteiger partial charge in [0.05, 0.1) is 6.61 Å². The van der Waals surface area contributed by atoms with Crippen molar-refractivity contribution >= 4 is 6.09 Å². The summed E-state index contributed by atoms with van der Waals surface area (Å²) in [4.78, 5) is 12.8. The number of ether oxygens (including phenoxy) is 1. The van der Waals surface area contributed by atoms with Gasteiger partial charge in [0.1, 0.15) is 0 Å². The molecular weight excluding hydrogens is 142 g/mol. The molecular formula is C8H14NO2. The van der Waals surface area contributed by atoms with E-state index in [-0.39, 0.29) is 6.09 Å². The Morgan fingerprint density at radius 3 is 3.09 bits per heavy atom. The van der Waals surface area contributed by atoms with Crippen LogP contribution in [0, 0.1) is 6.42 Å². The molecule has 0 saturated carbocycles. The van der Waals surface area contributed by atoms with Gasteiger partial charge in [0, 0.05) is 13.1 Å². The van der Waals surface area contributed by atoms with Crippen LogP contribution in [0.5, 0.6) is 0 Å². The highest BCUT2D eigenvalue weighted by molar-refractivity contribution is 5.68. The van der Waals surface area contributed by atoms with Crippen molar-refractivity contribution in [2.75, 3.05) is 19.7 Å². The summed E-state index contributed by atoms with van der Waals surface area (Å²) < 4.78 is 4.94. The standard InChI is InChI=1S/C8H14NO2/c1-2-7-11-8(10)9-5-3-4-6-9/h3H,2,4-7H2,1H3. The van der Waals surface area contributed by atoms with Crippen molar-refractivity contribution in [3.63, 3.8) is 0 Å². The van der Waals surface area contributed by atoms with Crippen LogP contribution >= 0.6 is 0 Å². The van der Waals surface area contributed by atoms with E-state index in [9.17, 15) is 4.79 Å². The van der Waals surface area contributed by atoms with Gasteiger partial charge in [-0.2, -0.15) is 0 Å². The first kappa shape index (κ1) is 8.37. The monoisotopic (exact) mass is 156 g/mol. The Morgan fingerprint density at radius 1 is 1.73 bits per heavy atom. The molecule has 0 atom stereocenters. The third kappa shape index (κ3) is 2.41. The molecule has 1 radical (unpaired) electrons. The van der Waals surface area contributed by atoms with E-state index in [1.165, 1.54) is 0 Å². The number of carbonyl (C=O) groups is 1. The number of hydrogen-bond donors (Lipinski definition) is 0. The van der Waals surface area contributed by atoms with Gasteiger partial charge in [0.25, 0.3) is 0 Å². The molecule has 3 nitrogen and oxygen atoms in total. The molecule has 1 amide bonds. The molecule has 1 rings (SSSR count). The van der Waals surface area contributed by atoms with Gasteiger partial charge >= 0.3 is 6.09 Å². The van der Waals surface area contributed by atoms with Gasteiger partial charge in [-0.05, 0) is 19.3 Å². The van der Waals surface area contributed by atoms with E-state index in [4.69, 9.17) is 4.74 Å². The molecule has 0 spiro atoms. The molecule has 0 aromatic heterocycles.